The molecule has 0 radical (unpaired) electrons. The SMILES string of the molecule is COc1ccnc(C(=O)C[C@H]2CCCC[C@H](OC)[C@@H](OC)[C@H](C)OC2=O)c1OC(C)=O. The van der Waals surface area contributed by atoms with Crippen molar-refractivity contribution in [3.8, 4) is 11.5 Å². The summed E-state index contributed by atoms with van der Waals surface area (Å²) in [7, 11) is 4.56. The molecule has 1 fully saturated rings. The number of Topliss-reactive ketones (excluding diaryl/α,β-unsaturated/α-hetero) is 1. The fourth-order valence-electron chi connectivity index (χ4n) is 3.80. The van der Waals surface area contributed by atoms with Crippen LogP contribution in [0.3, 0.4) is 0 Å². The zero-order valence-electron chi connectivity index (χ0n) is 18.7. The van der Waals surface area contributed by atoms with Crippen LogP contribution in [-0.2, 0) is 23.8 Å². The van der Waals surface area contributed by atoms with Crippen molar-refractivity contribution in [1.82, 2.24) is 4.98 Å². The third-order valence-corrected chi connectivity index (χ3v) is 5.36. The first-order valence-corrected chi connectivity index (χ1v) is 10.3. The second kappa shape index (κ2) is 11.8. The predicted octanol–water partition coefficient (Wildman–Crippen LogP) is 2.74. The molecule has 9 nitrogen and oxygen atoms in total. The Morgan fingerprint density at radius 1 is 1.16 bits per heavy atom. The van der Waals surface area contributed by atoms with E-state index >= 15 is 0 Å². The number of hydrogen-bond donors (Lipinski definition) is 0. The number of cyclic esters (lactones) is 1. The maximum absolute atomic E-state index is 13.0. The van der Waals surface area contributed by atoms with Crippen LogP contribution in [0.25, 0.3) is 0 Å². The van der Waals surface area contributed by atoms with Gasteiger partial charge in [0.25, 0.3) is 0 Å². The minimum Gasteiger partial charge on any atom is -0.493 e. The van der Waals surface area contributed by atoms with Crippen LogP contribution in [0.1, 0.15) is 56.4 Å². The molecule has 2 heterocycles. The summed E-state index contributed by atoms with van der Waals surface area (Å²) in [5.74, 6) is -2.00. The number of hydrogen-bond acceptors (Lipinski definition) is 9. The van der Waals surface area contributed by atoms with Gasteiger partial charge in [-0.05, 0) is 19.8 Å². The Kier molecular flexibility index (Phi) is 9.39. The fraction of sp³-hybridized carbons (Fsp3) is 0.636. The molecule has 0 N–H and O–H groups in total. The van der Waals surface area contributed by atoms with E-state index in [2.05, 4.69) is 4.98 Å². The third-order valence-electron chi connectivity index (χ3n) is 5.36. The van der Waals surface area contributed by atoms with Crippen LogP contribution < -0.4 is 9.47 Å². The van der Waals surface area contributed by atoms with E-state index in [1.165, 1.54) is 26.3 Å². The molecule has 2 rings (SSSR count). The van der Waals surface area contributed by atoms with Crippen molar-refractivity contribution in [3.63, 3.8) is 0 Å². The summed E-state index contributed by atoms with van der Waals surface area (Å²) < 4.78 is 27.0. The van der Waals surface area contributed by atoms with Crippen molar-refractivity contribution in [2.24, 2.45) is 5.92 Å². The zero-order valence-corrected chi connectivity index (χ0v) is 18.7. The monoisotopic (exact) mass is 437 g/mol. The average Bonchev–Trinajstić information content (AvgIpc) is 2.73. The molecular weight excluding hydrogens is 406 g/mol. The Hall–Kier alpha value is -2.52. The van der Waals surface area contributed by atoms with E-state index in [-0.39, 0.29) is 29.7 Å². The summed E-state index contributed by atoms with van der Waals surface area (Å²) in [5.41, 5.74) is -0.0540. The first-order chi connectivity index (χ1) is 14.8. The maximum atomic E-state index is 13.0. The van der Waals surface area contributed by atoms with E-state index in [1.54, 1.807) is 21.1 Å². The molecule has 1 aromatic heterocycles. The number of nitrogens with zero attached hydrogens (tertiary/aromatic N) is 1. The number of esters is 2. The van der Waals surface area contributed by atoms with Gasteiger partial charge in [-0.15, -0.1) is 0 Å². The minimum absolute atomic E-state index is 0.0496. The predicted molar refractivity (Wildman–Crippen MR) is 110 cm³/mol. The van der Waals surface area contributed by atoms with Crippen molar-refractivity contribution in [2.45, 2.75) is 64.3 Å². The quantitative estimate of drug-likeness (QED) is 0.469. The molecular formula is C22H31NO8. The molecule has 9 heteroatoms. The highest BCUT2D eigenvalue weighted by atomic mass is 16.6. The highest BCUT2D eigenvalue weighted by molar-refractivity contribution is 6.00. The second-order valence-corrected chi connectivity index (χ2v) is 7.51. The zero-order chi connectivity index (χ0) is 23.0. The lowest BCUT2D eigenvalue weighted by Crippen LogP contribution is -2.42. The summed E-state index contributed by atoms with van der Waals surface area (Å²) in [6.45, 7) is 2.97. The number of ether oxygens (including phenoxy) is 5. The lowest BCUT2D eigenvalue weighted by Gasteiger charge is -2.31. The number of pyridine rings is 1. The van der Waals surface area contributed by atoms with Gasteiger partial charge >= 0.3 is 11.9 Å². The van der Waals surface area contributed by atoms with Crippen LogP contribution in [0.2, 0.25) is 0 Å². The molecule has 172 valence electrons. The van der Waals surface area contributed by atoms with E-state index in [0.717, 1.165) is 19.3 Å². The Bertz CT molecular complexity index is 781. The largest absolute Gasteiger partial charge is 0.493 e. The van der Waals surface area contributed by atoms with E-state index in [0.29, 0.717) is 6.42 Å². The molecule has 0 spiro atoms. The van der Waals surface area contributed by atoms with Gasteiger partial charge in [-0.2, -0.15) is 0 Å². The van der Waals surface area contributed by atoms with E-state index in [9.17, 15) is 14.4 Å². The Morgan fingerprint density at radius 2 is 1.87 bits per heavy atom. The Labute approximate surface area is 182 Å². The smallest absolute Gasteiger partial charge is 0.309 e. The summed E-state index contributed by atoms with van der Waals surface area (Å²) in [6, 6.07) is 1.49. The van der Waals surface area contributed by atoms with Crippen molar-refractivity contribution in [3.05, 3.63) is 18.0 Å². The summed E-state index contributed by atoms with van der Waals surface area (Å²) >= 11 is 0. The Morgan fingerprint density at radius 3 is 2.48 bits per heavy atom. The van der Waals surface area contributed by atoms with Gasteiger partial charge in [-0.1, -0.05) is 12.8 Å². The molecule has 0 aliphatic carbocycles. The van der Waals surface area contributed by atoms with Crippen molar-refractivity contribution < 1.29 is 38.1 Å². The Balaban J connectivity index is 2.22. The van der Waals surface area contributed by atoms with Crippen molar-refractivity contribution in [2.75, 3.05) is 21.3 Å². The normalized spacial score (nSPS) is 24.7. The third kappa shape index (κ3) is 6.48. The summed E-state index contributed by atoms with van der Waals surface area (Å²) in [5, 5.41) is 0. The van der Waals surface area contributed by atoms with Gasteiger partial charge in [0, 0.05) is 39.8 Å². The fourth-order valence-corrected chi connectivity index (χ4v) is 3.80. The molecule has 1 aliphatic rings. The number of rotatable bonds is 7. The van der Waals surface area contributed by atoms with E-state index in [4.69, 9.17) is 23.7 Å². The standard InChI is InChI=1S/C22H31NO8/c1-13-20(29-5)17(27-3)9-7-6-8-15(22(26)30-13)12-16(25)19-21(31-14(2)24)18(28-4)10-11-23-19/h10-11,13,15,17,20H,6-9,12H2,1-5H3/t13-,15+,17-,20-/m0/s1. The topological polar surface area (TPSA) is 110 Å². The first-order valence-electron chi connectivity index (χ1n) is 10.3. The molecule has 0 saturated carbocycles. The van der Waals surface area contributed by atoms with E-state index < -0.39 is 35.8 Å². The number of carbonyl (C=O) groups excluding carboxylic acids is 3. The highest BCUT2D eigenvalue weighted by Crippen LogP contribution is 2.32. The number of carbonyl (C=O) groups is 3. The molecule has 0 bridgehead atoms. The van der Waals surface area contributed by atoms with Crippen LogP contribution in [0, 0.1) is 5.92 Å². The molecule has 4 atom stereocenters. The van der Waals surface area contributed by atoms with Gasteiger partial charge in [0.15, 0.2) is 17.2 Å². The average molecular weight is 437 g/mol. The van der Waals surface area contributed by atoms with Gasteiger partial charge in [-0.3, -0.25) is 14.4 Å². The van der Waals surface area contributed by atoms with Gasteiger partial charge < -0.3 is 23.7 Å². The highest BCUT2D eigenvalue weighted by Gasteiger charge is 2.34. The van der Waals surface area contributed by atoms with Gasteiger partial charge in [0.1, 0.15) is 12.2 Å². The molecule has 1 aromatic rings. The molecule has 1 saturated heterocycles. The van der Waals surface area contributed by atoms with Crippen LogP contribution in [0.5, 0.6) is 11.5 Å². The molecule has 0 unspecified atom stereocenters. The van der Waals surface area contributed by atoms with Gasteiger partial charge in [0.05, 0.1) is 19.1 Å². The lowest BCUT2D eigenvalue weighted by molar-refractivity contribution is -0.168. The first kappa shape index (κ1) is 24.7. The number of ketones is 1. The van der Waals surface area contributed by atoms with Crippen LogP contribution in [0.4, 0.5) is 0 Å². The molecule has 1 aliphatic heterocycles. The molecule has 0 amide bonds. The molecule has 31 heavy (non-hydrogen) atoms. The van der Waals surface area contributed by atoms with Crippen LogP contribution in [0.15, 0.2) is 12.3 Å². The second-order valence-electron chi connectivity index (χ2n) is 7.51. The lowest BCUT2D eigenvalue weighted by atomic mass is 9.92. The van der Waals surface area contributed by atoms with E-state index in [1.807, 2.05) is 0 Å². The van der Waals surface area contributed by atoms with Crippen molar-refractivity contribution >= 4 is 17.7 Å². The van der Waals surface area contributed by atoms with Gasteiger partial charge in [0.2, 0.25) is 5.75 Å². The van der Waals surface area contributed by atoms with Gasteiger partial charge in [-0.25, -0.2) is 4.98 Å². The maximum Gasteiger partial charge on any atom is 0.309 e. The number of methoxy groups -OCH3 is 3. The summed E-state index contributed by atoms with van der Waals surface area (Å²) in [6.07, 6.45) is 2.93. The van der Waals surface area contributed by atoms with Crippen LogP contribution in [-0.4, -0.2) is 62.3 Å². The summed E-state index contributed by atoms with van der Waals surface area (Å²) in [4.78, 5) is 41.4. The number of aromatic nitrogens is 1. The molecule has 0 aromatic carbocycles. The van der Waals surface area contributed by atoms with Crippen LogP contribution >= 0.6 is 0 Å². The minimum atomic E-state index is -0.648. The van der Waals surface area contributed by atoms with Crippen molar-refractivity contribution in [1.29, 1.82) is 0 Å².